The molecule has 0 aromatic heterocycles. The zero-order chi connectivity index (χ0) is 19.0. The lowest BCUT2D eigenvalue weighted by Gasteiger charge is -2.14. The average Bonchev–Trinajstić information content (AvgIpc) is 2.56. The van der Waals surface area contributed by atoms with Crippen LogP contribution in [0.25, 0.3) is 0 Å². The molecule has 0 rings (SSSR count). The summed E-state index contributed by atoms with van der Waals surface area (Å²) in [5, 5.41) is 8.90. The van der Waals surface area contributed by atoms with Gasteiger partial charge < -0.3 is 5.11 Å². The summed E-state index contributed by atoms with van der Waals surface area (Å²) >= 11 is 0. The lowest BCUT2D eigenvalue weighted by molar-refractivity contribution is 0.156. The Morgan fingerprint density at radius 2 is 1.08 bits per heavy atom. The van der Waals surface area contributed by atoms with Crippen molar-refractivity contribution in [2.24, 2.45) is 0 Å². The summed E-state index contributed by atoms with van der Waals surface area (Å²) in [6, 6.07) is 0. The van der Waals surface area contributed by atoms with Crippen molar-refractivity contribution in [1.29, 1.82) is 0 Å². The molecular formula is C20H42O4S. The Labute approximate surface area is 156 Å². The third-order valence-corrected chi connectivity index (χ3v) is 6.40. The van der Waals surface area contributed by atoms with Gasteiger partial charge in [0.05, 0.1) is 11.4 Å². The minimum Gasteiger partial charge on any atom is -0.393 e. The van der Waals surface area contributed by atoms with Gasteiger partial charge in [0.2, 0.25) is 0 Å². The summed E-state index contributed by atoms with van der Waals surface area (Å²) < 4.78 is 32.5. The van der Waals surface area contributed by atoms with Crippen molar-refractivity contribution in [3.63, 3.8) is 0 Å². The van der Waals surface area contributed by atoms with Gasteiger partial charge in [-0.05, 0) is 25.7 Å². The lowest BCUT2D eigenvalue weighted by atomic mass is 10.0. The minimum atomic E-state index is -3.93. The third-order valence-electron chi connectivity index (χ3n) is 5.09. The van der Waals surface area contributed by atoms with Crippen molar-refractivity contribution >= 4 is 10.1 Å². The zero-order valence-electron chi connectivity index (χ0n) is 16.6. The summed E-state index contributed by atoms with van der Waals surface area (Å²) in [6.45, 7) is 4.18. The smallest absolute Gasteiger partial charge is 0.267 e. The maximum absolute atomic E-state index is 11.5. The number of hydrogen-bond donors (Lipinski definition) is 2. The van der Waals surface area contributed by atoms with Crippen LogP contribution in [0.1, 0.15) is 117 Å². The molecule has 2 N–H and O–H groups in total. The second kappa shape index (κ2) is 16.1. The topological polar surface area (TPSA) is 74.6 Å². The summed E-state index contributed by atoms with van der Waals surface area (Å²) in [5.74, 6) is 0. The van der Waals surface area contributed by atoms with Crippen LogP contribution >= 0.6 is 0 Å². The van der Waals surface area contributed by atoms with E-state index in [2.05, 4.69) is 6.92 Å². The second-order valence-electron chi connectivity index (χ2n) is 7.45. The summed E-state index contributed by atoms with van der Waals surface area (Å²) in [4.78, 5) is 0. The first-order valence-corrected chi connectivity index (χ1v) is 12.1. The molecule has 0 aliphatic rings. The summed E-state index contributed by atoms with van der Waals surface area (Å²) in [5.41, 5.74) is 0. The number of rotatable bonds is 18. The molecule has 4 nitrogen and oxygen atoms in total. The molecule has 0 aliphatic carbocycles. The molecule has 0 spiro atoms. The van der Waals surface area contributed by atoms with Gasteiger partial charge in [-0.15, -0.1) is 0 Å². The van der Waals surface area contributed by atoms with Crippen LogP contribution in [-0.4, -0.2) is 29.4 Å². The van der Waals surface area contributed by atoms with Crippen LogP contribution in [0.15, 0.2) is 0 Å². The number of unbranched alkanes of at least 4 members (excludes halogenated alkanes) is 10. The SMILES string of the molecule is CCCCCCCCCCCC(CCCCCC(O)CC)S(=O)(=O)O. The van der Waals surface area contributed by atoms with Gasteiger partial charge in [-0.3, -0.25) is 4.55 Å². The van der Waals surface area contributed by atoms with E-state index in [0.717, 1.165) is 44.9 Å². The van der Waals surface area contributed by atoms with Crippen molar-refractivity contribution in [2.45, 2.75) is 128 Å². The van der Waals surface area contributed by atoms with Crippen molar-refractivity contribution < 1.29 is 18.1 Å². The van der Waals surface area contributed by atoms with Crippen LogP contribution in [0.2, 0.25) is 0 Å². The Morgan fingerprint density at radius 3 is 1.52 bits per heavy atom. The second-order valence-corrected chi connectivity index (χ2v) is 9.15. The molecule has 0 aliphatic heterocycles. The molecule has 2 atom stereocenters. The number of aliphatic hydroxyl groups excluding tert-OH is 1. The molecule has 0 bridgehead atoms. The van der Waals surface area contributed by atoms with E-state index in [0.29, 0.717) is 12.8 Å². The van der Waals surface area contributed by atoms with Gasteiger partial charge in [0.25, 0.3) is 10.1 Å². The van der Waals surface area contributed by atoms with E-state index in [-0.39, 0.29) is 6.10 Å². The molecule has 0 heterocycles. The molecule has 5 heteroatoms. The fraction of sp³-hybridized carbons (Fsp3) is 1.00. The molecule has 152 valence electrons. The predicted molar refractivity (Wildman–Crippen MR) is 107 cm³/mol. The average molecular weight is 379 g/mol. The van der Waals surface area contributed by atoms with E-state index in [9.17, 15) is 18.1 Å². The van der Waals surface area contributed by atoms with Gasteiger partial charge in [-0.1, -0.05) is 90.9 Å². The van der Waals surface area contributed by atoms with Crippen molar-refractivity contribution in [1.82, 2.24) is 0 Å². The van der Waals surface area contributed by atoms with Gasteiger partial charge in [-0.25, -0.2) is 0 Å². The molecule has 0 radical (unpaired) electrons. The molecule has 0 saturated heterocycles. The molecule has 0 amide bonds. The molecule has 0 saturated carbocycles. The van der Waals surface area contributed by atoms with Gasteiger partial charge in [0.15, 0.2) is 0 Å². The van der Waals surface area contributed by atoms with Crippen LogP contribution < -0.4 is 0 Å². The van der Waals surface area contributed by atoms with Crippen molar-refractivity contribution in [3.05, 3.63) is 0 Å². The van der Waals surface area contributed by atoms with Crippen LogP contribution in [0.5, 0.6) is 0 Å². The van der Waals surface area contributed by atoms with Gasteiger partial charge in [0.1, 0.15) is 0 Å². The Morgan fingerprint density at radius 1 is 0.680 bits per heavy atom. The third kappa shape index (κ3) is 15.8. The lowest BCUT2D eigenvalue weighted by Crippen LogP contribution is -2.20. The maximum atomic E-state index is 11.5. The van der Waals surface area contributed by atoms with Crippen LogP contribution in [0.4, 0.5) is 0 Å². The minimum absolute atomic E-state index is 0.237. The van der Waals surface area contributed by atoms with Crippen molar-refractivity contribution in [3.8, 4) is 0 Å². The molecular weight excluding hydrogens is 336 g/mol. The quantitative estimate of drug-likeness (QED) is 0.230. The fourth-order valence-electron chi connectivity index (χ4n) is 3.26. The highest BCUT2D eigenvalue weighted by Gasteiger charge is 2.21. The highest BCUT2D eigenvalue weighted by molar-refractivity contribution is 7.86. The first kappa shape index (κ1) is 24.9. The Bertz CT molecular complexity index is 381. The fourth-order valence-corrected chi connectivity index (χ4v) is 4.19. The Balaban J connectivity index is 3.76. The van der Waals surface area contributed by atoms with Gasteiger partial charge in [0, 0.05) is 0 Å². The van der Waals surface area contributed by atoms with Gasteiger partial charge >= 0.3 is 0 Å². The summed E-state index contributed by atoms with van der Waals surface area (Å²) in [7, 11) is -3.93. The van der Waals surface area contributed by atoms with Gasteiger partial charge in [-0.2, -0.15) is 8.42 Å². The van der Waals surface area contributed by atoms with Crippen LogP contribution in [-0.2, 0) is 10.1 Å². The van der Waals surface area contributed by atoms with Crippen molar-refractivity contribution in [2.75, 3.05) is 0 Å². The Kier molecular flexibility index (Phi) is 16.0. The van der Waals surface area contributed by atoms with E-state index < -0.39 is 15.4 Å². The number of aliphatic hydroxyl groups is 1. The molecule has 2 unspecified atom stereocenters. The zero-order valence-corrected chi connectivity index (χ0v) is 17.4. The molecule has 0 aromatic rings. The maximum Gasteiger partial charge on any atom is 0.267 e. The molecule has 0 aromatic carbocycles. The predicted octanol–water partition coefficient (Wildman–Crippen LogP) is 5.89. The normalized spacial score (nSPS) is 14.6. The molecule has 25 heavy (non-hydrogen) atoms. The van der Waals surface area contributed by atoms with E-state index in [1.165, 1.54) is 44.9 Å². The monoisotopic (exact) mass is 378 g/mol. The van der Waals surface area contributed by atoms with E-state index >= 15 is 0 Å². The Hall–Kier alpha value is -0.130. The van der Waals surface area contributed by atoms with Crippen LogP contribution in [0, 0.1) is 0 Å². The first-order valence-electron chi connectivity index (χ1n) is 10.6. The van der Waals surface area contributed by atoms with Crippen LogP contribution in [0.3, 0.4) is 0 Å². The van der Waals surface area contributed by atoms with E-state index in [4.69, 9.17) is 0 Å². The summed E-state index contributed by atoms with van der Waals surface area (Å²) in [6.07, 6.45) is 15.9. The standard InChI is InChI=1S/C20H42O4S/c1-3-5-6-7-8-9-10-11-14-17-20(25(22,23)24)18-15-12-13-16-19(21)4-2/h19-21H,3-18H2,1-2H3,(H,22,23,24). The largest absolute Gasteiger partial charge is 0.393 e. The first-order chi connectivity index (χ1) is 11.9. The number of hydrogen-bond acceptors (Lipinski definition) is 3. The molecule has 0 fully saturated rings. The van der Waals surface area contributed by atoms with E-state index in [1.807, 2.05) is 6.92 Å². The highest BCUT2D eigenvalue weighted by Crippen LogP contribution is 2.19. The van der Waals surface area contributed by atoms with E-state index in [1.54, 1.807) is 0 Å². The highest BCUT2D eigenvalue weighted by atomic mass is 32.2.